The van der Waals surface area contributed by atoms with E-state index < -0.39 is 22.5 Å². The van der Waals surface area contributed by atoms with Gasteiger partial charge in [-0.05, 0) is 23.8 Å². The lowest BCUT2D eigenvalue weighted by Crippen LogP contribution is -2.24. The van der Waals surface area contributed by atoms with Gasteiger partial charge in [0.15, 0.2) is 5.96 Å². The van der Waals surface area contributed by atoms with Crippen molar-refractivity contribution in [3.8, 4) is 11.1 Å². The second kappa shape index (κ2) is 9.07. The van der Waals surface area contributed by atoms with E-state index in [4.69, 9.17) is 16.0 Å². The van der Waals surface area contributed by atoms with Crippen LogP contribution >= 0.6 is 11.3 Å². The molecule has 0 fully saturated rings. The van der Waals surface area contributed by atoms with Gasteiger partial charge in [-0.3, -0.25) is 9.35 Å². The number of fused-ring (bicyclic) bond motifs is 1. The molecular weight excluding hydrogens is 424 g/mol. The first-order chi connectivity index (χ1) is 13.5. The summed E-state index contributed by atoms with van der Waals surface area (Å²) in [4.78, 5) is 15.4. The lowest BCUT2D eigenvalue weighted by atomic mass is 10.00. The smallest absolute Gasteiger partial charge is 0.280 e. The van der Waals surface area contributed by atoms with Crippen LogP contribution in [0.5, 0.6) is 0 Å². The summed E-state index contributed by atoms with van der Waals surface area (Å²) in [6, 6.07) is 13.5. The molecule has 11 heteroatoms. The fraction of sp³-hybridized carbons (Fsp3) is 0.111. The molecule has 5 N–H and O–H groups in total. The van der Waals surface area contributed by atoms with Gasteiger partial charge in [0.05, 0.1) is 11.1 Å². The minimum Gasteiger partial charge on any atom is -0.370 e. The third kappa shape index (κ3) is 6.31. The van der Waals surface area contributed by atoms with Gasteiger partial charge in [0.2, 0.25) is 0 Å². The molecule has 0 aliphatic rings. The Morgan fingerprint density at radius 2 is 1.76 bits per heavy atom. The number of benzene rings is 2. The number of hydrogen-bond acceptors (Lipinski definition) is 4. The van der Waals surface area contributed by atoms with Gasteiger partial charge in [-0.15, -0.1) is 11.3 Å². The summed E-state index contributed by atoms with van der Waals surface area (Å²) in [5, 5.41) is 0.726. The van der Waals surface area contributed by atoms with Gasteiger partial charge in [-0.1, -0.05) is 30.3 Å². The van der Waals surface area contributed by atoms with Gasteiger partial charge in [0.25, 0.3) is 22.5 Å². The van der Waals surface area contributed by atoms with Gasteiger partial charge >= 0.3 is 0 Å². The van der Waals surface area contributed by atoms with E-state index in [-0.39, 0.29) is 16.4 Å². The van der Waals surface area contributed by atoms with Crippen LogP contribution in [0.4, 0.5) is 8.78 Å². The number of carbonyl (C=O) groups excluding carboxylic acids is 1. The Morgan fingerprint density at radius 3 is 2.34 bits per heavy atom. The number of carbonyl (C=O) groups is 1. The Bertz CT molecular complexity index is 1160. The third-order valence-electron chi connectivity index (χ3n) is 3.45. The normalized spacial score (nSPS) is 11.1. The Morgan fingerprint density at radius 1 is 1.14 bits per heavy atom. The molecule has 2 aromatic carbocycles. The van der Waals surface area contributed by atoms with Crippen molar-refractivity contribution in [2.45, 2.75) is 6.43 Å². The van der Waals surface area contributed by atoms with E-state index in [1.54, 1.807) is 36.4 Å². The van der Waals surface area contributed by atoms with Crippen molar-refractivity contribution in [3.05, 3.63) is 59.0 Å². The first-order valence-electron chi connectivity index (χ1n) is 7.93. The number of halogens is 2. The van der Waals surface area contributed by atoms with Crippen molar-refractivity contribution in [1.29, 1.82) is 0 Å². The predicted molar refractivity (Wildman–Crippen MR) is 110 cm³/mol. The average Bonchev–Trinajstić information content (AvgIpc) is 3.00. The SMILES string of the molecule is CS(=O)(=O)O.NC(N)=NC(=O)c1cccc(-c2c(C(F)F)sc3ccccc23)c1. The number of aliphatic imine (C=N–C) groups is 1. The molecule has 1 heterocycles. The zero-order valence-electron chi connectivity index (χ0n) is 15.0. The summed E-state index contributed by atoms with van der Waals surface area (Å²) in [6.07, 6.45) is -1.89. The monoisotopic (exact) mass is 441 g/mol. The van der Waals surface area contributed by atoms with E-state index in [9.17, 15) is 22.0 Å². The third-order valence-corrected chi connectivity index (χ3v) is 4.63. The first kappa shape index (κ1) is 22.4. The van der Waals surface area contributed by atoms with Crippen LogP contribution in [0.2, 0.25) is 0 Å². The van der Waals surface area contributed by atoms with Gasteiger partial charge < -0.3 is 11.5 Å². The quantitative estimate of drug-likeness (QED) is 0.324. The van der Waals surface area contributed by atoms with Gasteiger partial charge in [-0.25, -0.2) is 8.78 Å². The highest BCUT2D eigenvalue weighted by Crippen LogP contribution is 2.43. The Labute approximate surface area is 169 Å². The predicted octanol–water partition coefficient (Wildman–Crippen LogP) is 3.42. The number of nitrogens with zero attached hydrogens (tertiary/aromatic N) is 1. The standard InChI is InChI=1S/C17H13F2N3OS.CH4O3S/c18-15(19)14-13(11-6-1-2-7-12(11)24-14)9-4-3-5-10(8-9)16(23)22-17(20)21;1-5(2,3)4/h1-8,15H,(H4,20,21,22,23);1H3,(H,2,3,4). The first-order valence-corrected chi connectivity index (χ1v) is 10.6. The number of guanidine groups is 1. The second-order valence-corrected chi connectivity index (χ2v) is 8.34. The Hall–Kier alpha value is -2.89. The van der Waals surface area contributed by atoms with Gasteiger partial charge in [-0.2, -0.15) is 13.4 Å². The molecule has 29 heavy (non-hydrogen) atoms. The summed E-state index contributed by atoms with van der Waals surface area (Å²) in [5.41, 5.74) is 11.6. The summed E-state index contributed by atoms with van der Waals surface area (Å²) >= 11 is 1.05. The number of alkyl halides is 2. The number of amides is 1. The van der Waals surface area contributed by atoms with Gasteiger partial charge in [0.1, 0.15) is 0 Å². The highest BCUT2D eigenvalue weighted by molar-refractivity contribution is 7.85. The molecule has 0 aliphatic carbocycles. The molecular formula is C18H17F2N3O4S2. The molecule has 0 unspecified atom stereocenters. The summed E-state index contributed by atoms with van der Waals surface area (Å²) in [6.45, 7) is 0. The van der Waals surface area contributed by atoms with E-state index in [1.807, 2.05) is 0 Å². The molecule has 3 aromatic rings. The van der Waals surface area contributed by atoms with Crippen molar-refractivity contribution in [1.82, 2.24) is 0 Å². The number of nitrogens with two attached hydrogens (primary N) is 2. The minimum atomic E-state index is -3.67. The van der Waals surface area contributed by atoms with Crippen LogP contribution < -0.4 is 11.5 Å². The van der Waals surface area contributed by atoms with Crippen molar-refractivity contribution in [2.75, 3.05) is 6.26 Å². The van der Waals surface area contributed by atoms with Crippen molar-refractivity contribution in [3.63, 3.8) is 0 Å². The average molecular weight is 441 g/mol. The number of thiophene rings is 1. The van der Waals surface area contributed by atoms with Crippen LogP contribution in [0.3, 0.4) is 0 Å². The van der Waals surface area contributed by atoms with Crippen LogP contribution in [0, 0.1) is 0 Å². The molecule has 3 rings (SSSR count). The summed E-state index contributed by atoms with van der Waals surface area (Å²) in [7, 11) is -3.67. The molecule has 7 nitrogen and oxygen atoms in total. The summed E-state index contributed by atoms with van der Waals surface area (Å²) in [5.74, 6) is -0.963. The highest BCUT2D eigenvalue weighted by atomic mass is 32.2. The van der Waals surface area contributed by atoms with E-state index in [2.05, 4.69) is 4.99 Å². The maximum absolute atomic E-state index is 13.5. The van der Waals surface area contributed by atoms with Crippen LogP contribution in [0.25, 0.3) is 21.2 Å². The lowest BCUT2D eigenvalue weighted by Gasteiger charge is -2.06. The van der Waals surface area contributed by atoms with Crippen molar-refractivity contribution >= 4 is 43.4 Å². The van der Waals surface area contributed by atoms with E-state index in [1.165, 1.54) is 12.1 Å². The number of rotatable bonds is 3. The van der Waals surface area contributed by atoms with Crippen LogP contribution in [0.1, 0.15) is 21.7 Å². The van der Waals surface area contributed by atoms with E-state index in [0.717, 1.165) is 21.4 Å². The van der Waals surface area contributed by atoms with Crippen LogP contribution in [-0.2, 0) is 10.1 Å². The molecule has 0 saturated heterocycles. The van der Waals surface area contributed by atoms with Crippen molar-refractivity contribution in [2.24, 2.45) is 16.5 Å². The van der Waals surface area contributed by atoms with Crippen molar-refractivity contribution < 1.29 is 26.5 Å². The lowest BCUT2D eigenvalue weighted by molar-refractivity contribution is 0.100. The number of hydrogen-bond donors (Lipinski definition) is 3. The molecule has 1 amide bonds. The van der Waals surface area contributed by atoms with E-state index >= 15 is 0 Å². The Balaban J connectivity index is 0.000000537. The highest BCUT2D eigenvalue weighted by Gasteiger charge is 2.21. The molecule has 0 bridgehead atoms. The van der Waals surface area contributed by atoms with Crippen LogP contribution in [-0.4, -0.2) is 31.1 Å². The maximum Gasteiger partial charge on any atom is 0.280 e. The molecule has 154 valence electrons. The molecule has 0 spiro atoms. The second-order valence-electron chi connectivity index (χ2n) is 5.79. The maximum atomic E-state index is 13.5. The molecule has 0 aliphatic heterocycles. The zero-order valence-corrected chi connectivity index (χ0v) is 16.7. The molecule has 0 saturated carbocycles. The molecule has 0 atom stereocenters. The van der Waals surface area contributed by atoms with E-state index in [0.29, 0.717) is 17.4 Å². The van der Waals surface area contributed by atoms with Gasteiger partial charge in [0, 0.05) is 21.2 Å². The summed E-state index contributed by atoms with van der Waals surface area (Å²) < 4.78 is 53.6. The van der Waals surface area contributed by atoms with Crippen LogP contribution in [0.15, 0.2) is 53.5 Å². The molecule has 1 aromatic heterocycles. The fourth-order valence-corrected chi connectivity index (χ4v) is 3.59. The fourth-order valence-electron chi connectivity index (χ4n) is 2.51. The minimum absolute atomic E-state index is 0.0253. The topological polar surface area (TPSA) is 136 Å². The zero-order chi connectivity index (χ0) is 21.8. The largest absolute Gasteiger partial charge is 0.370 e. The molecule has 0 radical (unpaired) electrons. The Kier molecular flexibility index (Phi) is 7.01.